The van der Waals surface area contributed by atoms with Gasteiger partial charge in [0.05, 0.1) is 36.4 Å². The van der Waals surface area contributed by atoms with Gasteiger partial charge >= 0.3 is 6.18 Å². The lowest BCUT2D eigenvalue weighted by Gasteiger charge is -2.28. The first-order valence-electron chi connectivity index (χ1n) is 9.32. The molecule has 4 rings (SSSR count). The van der Waals surface area contributed by atoms with E-state index in [1.165, 1.54) is 6.07 Å². The molecule has 0 spiro atoms. The minimum absolute atomic E-state index is 0.439. The third-order valence-corrected chi connectivity index (χ3v) is 4.80. The molecule has 0 amide bonds. The van der Waals surface area contributed by atoms with Crippen LogP contribution in [0, 0.1) is 0 Å². The normalized spacial score (nSPS) is 15.2. The van der Waals surface area contributed by atoms with E-state index < -0.39 is 11.7 Å². The number of anilines is 1. The largest absolute Gasteiger partial charge is 0.416 e. The van der Waals surface area contributed by atoms with Crippen LogP contribution in [0.1, 0.15) is 11.3 Å². The van der Waals surface area contributed by atoms with Crippen LogP contribution < -0.4 is 4.90 Å². The van der Waals surface area contributed by atoms with E-state index in [-0.39, 0.29) is 0 Å². The van der Waals surface area contributed by atoms with Crippen molar-refractivity contribution in [3.63, 3.8) is 0 Å². The molecule has 1 fully saturated rings. The Morgan fingerprint density at radius 3 is 2.38 bits per heavy atom. The molecule has 0 atom stereocenters. The topological polar surface area (TPSA) is 29.8 Å². The summed E-state index contributed by atoms with van der Waals surface area (Å²) < 4.78 is 46.1. The maximum Gasteiger partial charge on any atom is 0.416 e. The highest BCUT2D eigenvalue weighted by molar-refractivity contribution is 5.81. The van der Waals surface area contributed by atoms with Crippen LogP contribution in [-0.4, -0.2) is 37.1 Å². The van der Waals surface area contributed by atoms with Crippen molar-refractivity contribution in [2.24, 2.45) is 4.99 Å². The van der Waals surface area contributed by atoms with E-state index in [1.54, 1.807) is 29.1 Å². The number of benzene rings is 2. The van der Waals surface area contributed by atoms with Crippen LogP contribution >= 0.6 is 0 Å². The summed E-state index contributed by atoms with van der Waals surface area (Å²) in [6.07, 6.45) is -0.998. The monoisotopic (exact) mass is 399 g/mol. The first-order valence-corrected chi connectivity index (χ1v) is 9.32. The van der Waals surface area contributed by atoms with Gasteiger partial charge in [0.25, 0.3) is 0 Å². The lowest BCUT2D eigenvalue weighted by Crippen LogP contribution is -2.36. The van der Waals surface area contributed by atoms with Crippen LogP contribution in [0.15, 0.2) is 71.9 Å². The van der Waals surface area contributed by atoms with E-state index in [9.17, 15) is 13.2 Å². The van der Waals surface area contributed by atoms with Gasteiger partial charge in [0.15, 0.2) is 0 Å². The molecule has 0 radical (unpaired) electrons. The zero-order valence-electron chi connectivity index (χ0n) is 15.6. The Labute approximate surface area is 166 Å². The summed E-state index contributed by atoms with van der Waals surface area (Å²) in [5.41, 5.74) is 2.36. The average Bonchev–Trinajstić information content (AvgIpc) is 3.21. The van der Waals surface area contributed by atoms with Gasteiger partial charge in [-0.05, 0) is 54.6 Å². The third kappa shape index (κ3) is 4.51. The van der Waals surface area contributed by atoms with Crippen LogP contribution in [0.3, 0.4) is 0 Å². The maximum absolute atomic E-state index is 13.0. The van der Waals surface area contributed by atoms with Crippen LogP contribution in [0.2, 0.25) is 0 Å². The van der Waals surface area contributed by atoms with Gasteiger partial charge in [-0.25, -0.2) is 0 Å². The number of nitrogens with zero attached hydrogens (tertiary/aromatic N) is 3. The van der Waals surface area contributed by atoms with E-state index in [0.29, 0.717) is 11.4 Å². The van der Waals surface area contributed by atoms with E-state index in [2.05, 4.69) is 9.89 Å². The predicted octanol–water partition coefficient (Wildman–Crippen LogP) is 5.08. The highest BCUT2D eigenvalue weighted by Gasteiger charge is 2.30. The minimum atomic E-state index is -4.38. The third-order valence-electron chi connectivity index (χ3n) is 4.80. The van der Waals surface area contributed by atoms with Gasteiger partial charge in [-0.15, -0.1) is 0 Å². The summed E-state index contributed by atoms with van der Waals surface area (Å²) in [5, 5.41) is 0. The highest BCUT2D eigenvalue weighted by atomic mass is 19.4. The van der Waals surface area contributed by atoms with Gasteiger partial charge < -0.3 is 14.2 Å². The molecule has 1 saturated heterocycles. The maximum atomic E-state index is 13.0. The molecule has 150 valence electrons. The van der Waals surface area contributed by atoms with Gasteiger partial charge in [-0.2, -0.15) is 13.2 Å². The van der Waals surface area contributed by atoms with Gasteiger partial charge in [-0.3, -0.25) is 4.99 Å². The Kier molecular flexibility index (Phi) is 5.40. The molecule has 2 heterocycles. The fourth-order valence-electron chi connectivity index (χ4n) is 3.28. The van der Waals surface area contributed by atoms with Crippen LogP contribution in [0.5, 0.6) is 0 Å². The molecule has 29 heavy (non-hydrogen) atoms. The lowest BCUT2D eigenvalue weighted by molar-refractivity contribution is -0.137. The number of halogens is 3. The summed E-state index contributed by atoms with van der Waals surface area (Å²) in [6.45, 7) is 3.19. The summed E-state index contributed by atoms with van der Waals surface area (Å²) in [7, 11) is 0. The van der Waals surface area contributed by atoms with Crippen molar-refractivity contribution in [3.8, 4) is 5.69 Å². The van der Waals surface area contributed by atoms with Gasteiger partial charge in [0, 0.05) is 30.7 Å². The molecular weight excluding hydrogens is 379 g/mol. The van der Waals surface area contributed by atoms with Crippen molar-refractivity contribution in [2.75, 3.05) is 31.2 Å². The molecule has 0 N–H and O–H groups in total. The zero-order chi connectivity index (χ0) is 20.3. The molecule has 0 saturated carbocycles. The summed E-state index contributed by atoms with van der Waals surface area (Å²) in [6, 6.07) is 16.7. The Morgan fingerprint density at radius 1 is 0.897 bits per heavy atom. The fourth-order valence-corrected chi connectivity index (χ4v) is 3.28. The van der Waals surface area contributed by atoms with Crippen LogP contribution in [0.4, 0.5) is 24.5 Å². The zero-order valence-corrected chi connectivity index (χ0v) is 15.6. The van der Waals surface area contributed by atoms with Crippen molar-refractivity contribution >= 4 is 17.6 Å². The Balaban J connectivity index is 1.52. The Bertz CT molecular complexity index is 987. The Morgan fingerprint density at radius 2 is 1.66 bits per heavy atom. The van der Waals surface area contributed by atoms with E-state index in [0.717, 1.165) is 49.8 Å². The molecule has 3 aromatic rings. The number of morpholine rings is 1. The smallest absolute Gasteiger partial charge is 0.378 e. The second-order valence-corrected chi connectivity index (χ2v) is 6.73. The molecule has 1 aromatic heterocycles. The predicted molar refractivity (Wildman–Crippen MR) is 107 cm³/mol. The number of ether oxygens (including phenoxy) is 1. The van der Waals surface area contributed by atoms with E-state index in [1.807, 2.05) is 30.3 Å². The van der Waals surface area contributed by atoms with Crippen LogP contribution in [0.25, 0.3) is 5.69 Å². The second kappa shape index (κ2) is 8.13. The first kappa shape index (κ1) is 19.3. The quantitative estimate of drug-likeness (QED) is 0.573. The van der Waals surface area contributed by atoms with Crippen molar-refractivity contribution in [1.82, 2.24) is 4.57 Å². The summed E-state index contributed by atoms with van der Waals surface area (Å²) in [4.78, 5) is 6.74. The van der Waals surface area contributed by atoms with Gasteiger partial charge in [-0.1, -0.05) is 6.07 Å². The average molecular weight is 399 g/mol. The SMILES string of the molecule is FC(F)(F)c1cccc(-n2cccc2C=Nc2ccc(N3CCOCC3)cc2)c1. The van der Waals surface area contributed by atoms with Crippen molar-refractivity contribution in [2.45, 2.75) is 6.18 Å². The summed E-state index contributed by atoms with van der Waals surface area (Å²) >= 11 is 0. The highest BCUT2D eigenvalue weighted by Crippen LogP contribution is 2.30. The molecule has 7 heteroatoms. The number of alkyl halides is 3. The Hall–Kier alpha value is -3.06. The van der Waals surface area contributed by atoms with Gasteiger partial charge in [0.2, 0.25) is 0 Å². The van der Waals surface area contributed by atoms with Crippen LogP contribution in [-0.2, 0) is 10.9 Å². The molecular formula is C22H20F3N3O. The minimum Gasteiger partial charge on any atom is -0.378 e. The number of aromatic nitrogens is 1. The van der Waals surface area contributed by atoms with Crippen molar-refractivity contribution in [1.29, 1.82) is 0 Å². The number of hydrogen-bond donors (Lipinski definition) is 0. The van der Waals surface area contributed by atoms with E-state index >= 15 is 0 Å². The van der Waals surface area contributed by atoms with Crippen molar-refractivity contribution in [3.05, 3.63) is 78.1 Å². The second-order valence-electron chi connectivity index (χ2n) is 6.73. The fraction of sp³-hybridized carbons (Fsp3) is 0.227. The number of hydrogen-bond acceptors (Lipinski definition) is 3. The number of aliphatic imine (C=N–C) groups is 1. The molecule has 1 aliphatic heterocycles. The molecule has 4 nitrogen and oxygen atoms in total. The number of rotatable bonds is 4. The van der Waals surface area contributed by atoms with Crippen molar-refractivity contribution < 1.29 is 17.9 Å². The molecule has 1 aliphatic rings. The molecule has 0 unspecified atom stereocenters. The van der Waals surface area contributed by atoms with Gasteiger partial charge in [0.1, 0.15) is 0 Å². The standard InChI is InChI=1S/C22H20F3N3O/c23-22(24,25)17-3-1-4-20(15-17)28-10-2-5-21(28)16-26-18-6-8-19(9-7-18)27-11-13-29-14-12-27/h1-10,15-16H,11-14H2. The lowest BCUT2D eigenvalue weighted by atomic mass is 10.2. The molecule has 0 bridgehead atoms. The molecule has 0 aliphatic carbocycles. The van der Waals surface area contributed by atoms with E-state index in [4.69, 9.17) is 4.74 Å². The molecule has 2 aromatic carbocycles. The first-order chi connectivity index (χ1) is 14.0. The summed E-state index contributed by atoms with van der Waals surface area (Å²) in [5.74, 6) is 0.